The van der Waals surface area contributed by atoms with Crippen molar-refractivity contribution in [1.82, 2.24) is 9.78 Å². The zero-order chi connectivity index (χ0) is 22.0. The number of methoxy groups -OCH3 is 1. The van der Waals surface area contributed by atoms with Gasteiger partial charge in [-0.15, -0.1) is 0 Å². The highest BCUT2D eigenvalue weighted by Crippen LogP contribution is 2.26. The lowest BCUT2D eigenvalue weighted by atomic mass is 10.0. The van der Waals surface area contributed by atoms with Crippen LogP contribution in [-0.2, 0) is 0 Å². The van der Waals surface area contributed by atoms with Crippen molar-refractivity contribution >= 4 is 11.4 Å². The molecule has 0 unspecified atom stereocenters. The number of aromatic nitrogens is 2. The van der Waals surface area contributed by atoms with Gasteiger partial charge in [-0.1, -0.05) is 35.9 Å². The van der Waals surface area contributed by atoms with Crippen LogP contribution in [-0.4, -0.2) is 22.6 Å². The fourth-order valence-electron chi connectivity index (χ4n) is 3.67. The van der Waals surface area contributed by atoms with Crippen molar-refractivity contribution < 1.29 is 4.74 Å². The van der Waals surface area contributed by atoms with Gasteiger partial charge in [0.2, 0.25) is 0 Å². The molecule has 4 aromatic rings. The van der Waals surface area contributed by atoms with Gasteiger partial charge in [0.25, 0.3) is 5.56 Å². The molecule has 0 amide bonds. The second-order valence-corrected chi connectivity index (χ2v) is 7.55. The van der Waals surface area contributed by atoms with Crippen LogP contribution in [0.25, 0.3) is 16.9 Å². The number of nitrogens with zero attached hydrogens (tertiary/aromatic N) is 2. The Labute approximate surface area is 181 Å². The summed E-state index contributed by atoms with van der Waals surface area (Å²) in [5, 5.41) is 3.29. The molecular weight excluding hydrogens is 386 g/mol. The van der Waals surface area contributed by atoms with Crippen LogP contribution in [0.1, 0.15) is 23.6 Å². The standard InChI is InChI=1S/C26H25N3O2/c1-17-10-15-23(18(2)16-17)27-19(3)24-25(20-11-13-22(31-4)14-12-20)28-29(26(24)30)21-8-6-5-7-9-21/h5-16,28H,1-4H3. The number of para-hydroxylation sites is 1. The van der Waals surface area contributed by atoms with E-state index in [1.54, 1.807) is 11.8 Å². The highest BCUT2D eigenvalue weighted by atomic mass is 16.5. The van der Waals surface area contributed by atoms with Crippen LogP contribution < -0.4 is 10.3 Å². The fourth-order valence-corrected chi connectivity index (χ4v) is 3.67. The van der Waals surface area contributed by atoms with Crippen molar-refractivity contribution in [3.63, 3.8) is 0 Å². The number of hydrogen-bond acceptors (Lipinski definition) is 3. The van der Waals surface area contributed by atoms with Crippen molar-refractivity contribution in [3.05, 3.63) is 99.8 Å². The van der Waals surface area contributed by atoms with Gasteiger partial charge in [-0.05, 0) is 68.8 Å². The molecule has 31 heavy (non-hydrogen) atoms. The molecule has 0 atom stereocenters. The Balaban J connectivity index is 1.91. The summed E-state index contributed by atoms with van der Waals surface area (Å²) in [7, 11) is 1.63. The maximum Gasteiger partial charge on any atom is 0.280 e. The number of benzene rings is 3. The Hall–Kier alpha value is -3.86. The summed E-state index contributed by atoms with van der Waals surface area (Å²) in [4.78, 5) is 18.3. The van der Waals surface area contributed by atoms with Gasteiger partial charge >= 0.3 is 0 Å². The molecule has 5 nitrogen and oxygen atoms in total. The third-order valence-corrected chi connectivity index (χ3v) is 5.29. The molecule has 0 bridgehead atoms. The molecule has 0 aliphatic heterocycles. The first-order valence-corrected chi connectivity index (χ1v) is 10.2. The Morgan fingerprint density at radius 3 is 2.32 bits per heavy atom. The quantitative estimate of drug-likeness (QED) is 0.435. The third-order valence-electron chi connectivity index (χ3n) is 5.29. The summed E-state index contributed by atoms with van der Waals surface area (Å²) in [6, 6.07) is 23.3. The van der Waals surface area contributed by atoms with E-state index in [4.69, 9.17) is 9.73 Å². The van der Waals surface area contributed by atoms with Crippen LogP contribution in [0, 0.1) is 13.8 Å². The number of rotatable bonds is 5. The van der Waals surface area contributed by atoms with Gasteiger partial charge in [-0.2, -0.15) is 0 Å². The van der Waals surface area contributed by atoms with Crippen LogP contribution in [0.3, 0.4) is 0 Å². The summed E-state index contributed by atoms with van der Waals surface area (Å²) in [5.41, 5.74) is 6.57. The SMILES string of the molecule is COc1ccc(-c2[nH]n(-c3ccccc3)c(=O)c2C(C)=Nc2ccc(C)cc2C)cc1. The summed E-state index contributed by atoms with van der Waals surface area (Å²) < 4.78 is 6.85. The van der Waals surface area contributed by atoms with Crippen LogP contribution >= 0.6 is 0 Å². The van der Waals surface area contributed by atoms with Crippen LogP contribution in [0.5, 0.6) is 5.75 Å². The number of nitrogens with one attached hydrogen (secondary N) is 1. The van der Waals surface area contributed by atoms with E-state index >= 15 is 0 Å². The van der Waals surface area contributed by atoms with Gasteiger partial charge < -0.3 is 4.74 Å². The second kappa shape index (κ2) is 8.48. The molecule has 156 valence electrons. The van der Waals surface area contributed by atoms with E-state index < -0.39 is 0 Å². The minimum Gasteiger partial charge on any atom is -0.497 e. The molecule has 0 aliphatic rings. The molecule has 0 spiro atoms. The van der Waals surface area contributed by atoms with Crippen molar-refractivity contribution in [2.24, 2.45) is 4.99 Å². The topological polar surface area (TPSA) is 59.4 Å². The first kappa shape index (κ1) is 20.4. The zero-order valence-corrected chi connectivity index (χ0v) is 18.1. The van der Waals surface area contributed by atoms with Gasteiger partial charge in [-0.3, -0.25) is 14.9 Å². The highest BCUT2D eigenvalue weighted by molar-refractivity contribution is 6.05. The number of aryl methyl sites for hydroxylation is 2. The predicted octanol–water partition coefficient (Wildman–Crippen LogP) is 5.60. The van der Waals surface area contributed by atoms with Crippen LogP contribution in [0.15, 0.2) is 82.6 Å². The lowest BCUT2D eigenvalue weighted by Gasteiger charge is -2.06. The molecule has 0 fully saturated rings. The number of hydrogen-bond donors (Lipinski definition) is 1. The van der Waals surface area contributed by atoms with E-state index in [9.17, 15) is 4.79 Å². The van der Waals surface area contributed by atoms with Gasteiger partial charge in [0.15, 0.2) is 0 Å². The molecule has 1 heterocycles. The van der Waals surface area contributed by atoms with E-state index in [1.165, 1.54) is 5.56 Å². The van der Waals surface area contributed by atoms with Gasteiger partial charge in [0.1, 0.15) is 5.75 Å². The molecule has 0 saturated heterocycles. The zero-order valence-electron chi connectivity index (χ0n) is 18.1. The Bertz CT molecular complexity index is 1300. The first-order valence-electron chi connectivity index (χ1n) is 10.2. The minimum absolute atomic E-state index is 0.136. The molecule has 3 aromatic carbocycles. The highest BCUT2D eigenvalue weighted by Gasteiger charge is 2.19. The first-order chi connectivity index (χ1) is 15.0. The smallest absolute Gasteiger partial charge is 0.280 e. The lowest BCUT2D eigenvalue weighted by Crippen LogP contribution is -2.19. The maximum absolute atomic E-state index is 13.5. The van der Waals surface area contributed by atoms with Crippen molar-refractivity contribution in [2.45, 2.75) is 20.8 Å². The Kier molecular flexibility index (Phi) is 5.58. The number of aromatic amines is 1. The average Bonchev–Trinajstić information content (AvgIpc) is 3.13. The molecule has 0 aliphatic carbocycles. The van der Waals surface area contributed by atoms with E-state index in [0.717, 1.165) is 33.9 Å². The van der Waals surface area contributed by atoms with E-state index in [0.29, 0.717) is 11.3 Å². The van der Waals surface area contributed by atoms with Crippen molar-refractivity contribution in [2.75, 3.05) is 7.11 Å². The summed E-state index contributed by atoms with van der Waals surface area (Å²) in [5.74, 6) is 0.760. The van der Waals surface area contributed by atoms with Crippen molar-refractivity contribution in [1.29, 1.82) is 0 Å². The summed E-state index contributed by atoms with van der Waals surface area (Å²) in [6.45, 7) is 5.97. The normalized spacial score (nSPS) is 11.5. The van der Waals surface area contributed by atoms with Crippen LogP contribution in [0.4, 0.5) is 5.69 Å². The Morgan fingerprint density at radius 1 is 0.968 bits per heavy atom. The molecule has 4 rings (SSSR count). The van der Waals surface area contributed by atoms with E-state index in [1.807, 2.05) is 80.6 Å². The minimum atomic E-state index is -0.136. The van der Waals surface area contributed by atoms with Crippen molar-refractivity contribution in [3.8, 4) is 22.7 Å². The van der Waals surface area contributed by atoms with Gasteiger partial charge in [0, 0.05) is 5.56 Å². The van der Waals surface area contributed by atoms with E-state index in [-0.39, 0.29) is 5.56 Å². The predicted molar refractivity (Wildman–Crippen MR) is 126 cm³/mol. The summed E-state index contributed by atoms with van der Waals surface area (Å²) >= 11 is 0. The lowest BCUT2D eigenvalue weighted by molar-refractivity contribution is 0.415. The van der Waals surface area contributed by atoms with Gasteiger partial charge in [-0.25, -0.2) is 4.68 Å². The number of ether oxygens (including phenoxy) is 1. The molecule has 5 heteroatoms. The van der Waals surface area contributed by atoms with Crippen LogP contribution in [0.2, 0.25) is 0 Å². The largest absolute Gasteiger partial charge is 0.497 e. The number of H-pyrrole nitrogens is 1. The van der Waals surface area contributed by atoms with E-state index in [2.05, 4.69) is 18.1 Å². The molecule has 1 N–H and O–H groups in total. The Morgan fingerprint density at radius 2 is 1.68 bits per heavy atom. The average molecular weight is 412 g/mol. The molecule has 1 aromatic heterocycles. The molecule has 0 saturated carbocycles. The number of aliphatic imine (C=N–C) groups is 1. The monoisotopic (exact) mass is 411 g/mol. The third kappa shape index (κ3) is 4.08. The second-order valence-electron chi connectivity index (χ2n) is 7.55. The van der Waals surface area contributed by atoms with Gasteiger partial charge in [0.05, 0.1) is 35.5 Å². The molecule has 0 radical (unpaired) electrons. The molecular formula is C26H25N3O2. The summed E-state index contributed by atoms with van der Waals surface area (Å²) in [6.07, 6.45) is 0. The maximum atomic E-state index is 13.5. The fraction of sp³-hybridized carbons (Fsp3) is 0.154.